The molecule has 0 aliphatic rings. The molecule has 2 N–H and O–H groups in total. The summed E-state index contributed by atoms with van der Waals surface area (Å²) in [6, 6.07) is 5.72. The minimum atomic E-state index is -0.150. The van der Waals surface area contributed by atoms with Gasteiger partial charge in [-0.15, -0.1) is 10.2 Å². The van der Waals surface area contributed by atoms with Gasteiger partial charge in [0.15, 0.2) is 5.65 Å². The van der Waals surface area contributed by atoms with Crippen molar-refractivity contribution in [2.45, 2.75) is 6.42 Å². The quantitative estimate of drug-likeness (QED) is 0.708. The van der Waals surface area contributed by atoms with Gasteiger partial charge in [0.05, 0.1) is 11.8 Å². The lowest BCUT2D eigenvalue weighted by molar-refractivity contribution is 0.0954. The third-order valence-corrected chi connectivity index (χ3v) is 2.78. The van der Waals surface area contributed by atoms with Crippen molar-refractivity contribution in [1.29, 1.82) is 0 Å². The molecule has 7 heteroatoms. The van der Waals surface area contributed by atoms with Gasteiger partial charge in [0.25, 0.3) is 5.91 Å². The number of aromatic nitrogens is 5. The van der Waals surface area contributed by atoms with E-state index in [2.05, 4.69) is 25.7 Å². The maximum Gasteiger partial charge on any atom is 0.254 e. The lowest BCUT2D eigenvalue weighted by Crippen LogP contribution is -2.25. The molecular weight excluding hydrogens is 244 g/mol. The van der Waals surface area contributed by atoms with Crippen molar-refractivity contribution >= 4 is 11.6 Å². The molecule has 3 heterocycles. The summed E-state index contributed by atoms with van der Waals surface area (Å²) in [4.78, 5) is 11.7. The number of carbonyl (C=O) groups is 1. The highest BCUT2D eigenvalue weighted by atomic mass is 16.1. The highest BCUT2D eigenvalue weighted by Crippen LogP contribution is 2.03. The van der Waals surface area contributed by atoms with Crippen LogP contribution in [0.15, 0.2) is 36.8 Å². The minimum Gasteiger partial charge on any atom is -0.351 e. The summed E-state index contributed by atoms with van der Waals surface area (Å²) in [5.74, 6) is 0.672. The zero-order valence-electron chi connectivity index (χ0n) is 10.1. The second kappa shape index (κ2) is 4.89. The Hall–Kier alpha value is -2.70. The number of hydrogen-bond acceptors (Lipinski definition) is 4. The Morgan fingerprint density at radius 2 is 2.32 bits per heavy atom. The van der Waals surface area contributed by atoms with E-state index in [1.165, 1.54) is 6.20 Å². The monoisotopic (exact) mass is 256 g/mol. The number of hydrogen-bond donors (Lipinski definition) is 2. The molecule has 0 bridgehead atoms. The number of nitrogens with one attached hydrogen (secondary N) is 2. The Labute approximate surface area is 108 Å². The van der Waals surface area contributed by atoms with Gasteiger partial charge in [-0.1, -0.05) is 6.07 Å². The van der Waals surface area contributed by atoms with Gasteiger partial charge in [-0.05, 0) is 12.1 Å². The van der Waals surface area contributed by atoms with Gasteiger partial charge in [0.1, 0.15) is 5.82 Å². The molecule has 0 saturated heterocycles. The molecule has 0 aliphatic carbocycles. The largest absolute Gasteiger partial charge is 0.351 e. The van der Waals surface area contributed by atoms with Gasteiger partial charge in [0, 0.05) is 25.4 Å². The predicted octanol–water partition coefficient (Wildman–Crippen LogP) is 0.425. The van der Waals surface area contributed by atoms with Crippen molar-refractivity contribution in [3.8, 4) is 0 Å². The van der Waals surface area contributed by atoms with E-state index in [4.69, 9.17) is 0 Å². The zero-order chi connectivity index (χ0) is 13.1. The Balaban J connectivity index is 1.62. The maximum atomic E-state index is 11.7. The number of pyridine rings is 1. The first-order valence-electron chi connectivity index (χ1n) is 5.90. The van der Waals surface area contributed by atoms with Gasteiger partial charge in [-0.3, -0.25) is 14.3 Å². The van der Waals surface area contributed by atoms with Crippen LogP contribution in [0.25, 0.3) is 5.65 Å². The van der Waals surface area contributed by atoms with Crippen LogP contribution in [0, 0.1) is 0 Å². The number of nitrogens with zero attached hydrogens (tertiary/aromatic N) is 4. The fourth-order valence-corrected chi connectivity index (χ4v) is 1.83. The molecule has 7 nitrogen and oxygen atoms in total. The number of fused-ring (bicyclic) bond motifs is 1. The molecular formula is C12H12N6O. The van der Waals surface area contributed by atoms with Gasteiger partial charge in [-0.25, -0.2) is 0 Å². The molecule has 0 unspecified atom stereocenters. The Bertz CT molecular complexity index is 687. The van der Waals surface area contributed by atoms with Crippen molar-refractivity contribution in [2.75, 3.05) is 6.54 Å². The Kier molecular flexibility index (Phi) is 2.93. The van der Waals surface area contributed by atoms with Crippen LogP contribution in [0.2, 0.25) is 0 Å². The summed E-state index contributed by atoms with van der Waals surface area (Å²) in [7, 11) is 0. The van der Waals surface area contributed by atoms with E-state index in [1.54, 1.807) is 6.20 Å². The molecule has 3 aromatic heterocycles. The summed E-state index contributed by atoms with van der Waals surface area (Å²) in [6.45, 7) is 0.500. The molecule has 0 fully saturated rings. The van der Waals surface area contributed by atoms with Gasteiger partial charge >= 0.3 is 0 Å². The van der Waals surface area contributed by atoms with Crippen molar-refractivity contribution in [3.05, 3.63) is 48.2 Å². The first-order chi connectivity index (χ1) is 9.34. The van der Waals surface area contributed by atoms with Crippen molar-refractivity contribution in [3.63, 3.8) is 0 Å². The number of amides is 1. The molecule has 0 atom stereocenters. The Morgan fingerprint density at radius 1 is 1.37 bits per heavy atom. The van der Waals surface area contributed by atoms with Crippen LogP contribution in [0.1, 0.15) is 16.2 Å². The fraction of sp³-hybridized carbons (Fsp3) is 0.167. The minimum absolute atomic E-state index is 0.150. The standard InChI is InChI=1S/C12H12N6O/c19-12(9-7-14-15-8-9)13-5-4-11-17-16-10-3-1-2-6-18(10)11/h1-3,6-8H,4-5H2,(H,13,19)(H,14,15). The molecule has 3 aromatic rings. The van der Waals surface area contributed by atoms with Crippen LogP contribution in [0.5, 0.6) is 0 Å². The third kappa shape index (κ3) is 2.30. The van der Waals surface area contributed by atoms with Crippen LogP contribution in [0.3, 0.4) is 0 Å². The average Bonchev–Trinajstić information content (AvgIpc) is 3.08. The van der Waals surface area contributed by atoms with E-state index in [-0.39, 0.29) is 5.91 Å². The molecule has 0 spiro atoms. The number of carbonyl (C=O) groups excluding carboxylic acids is 1. The molecule has 0 aromatic carbocycles. The second-order valence-electron chi connectivity index (χ2n) is 4.04. The van der Waals surface area contributed by atoms with Gasteiger partial charge in [-0.2, -0.15) is 5.10 Å². The molecule has 3 rings (SSSR count). The molecule has 0 aliphatic heterocycles. The van der Waals surface area contributed by atoms with Gasteiger partial charge in [0.2, 0.25) is 0 Å². The normalized spacial score (nSPS) is 10.7. The predicted molar refractivity (Wildman–Crippen MR) is 67.6 cm³/mol. The Morgan fingerprint density at radius 3 is 3.16 bits per heavy atom. The van der Waals surface area contributed by atoms with Crippen molar-refractivity contribution < 1.29 is 4.79 Å². The zero-order valence-corrected chi connectivity index (χ0v) is 10.1. The maximum absolute atomic E-state index is 11.7. The first kappa shape index (κ1) is 11.4. The fourth-order valence-electron chi connectivity index (χ4n) is 1.83. The summed E-state index contributed by atoms with van der Waals surface area (Å²) in [5, 5.41) is 17.3. The molecule has 96 valence electrons. The first-order valence-corrected chi connectivity index (χ1v) is 5.90. The second-order valence-corrected chi connectivity index (χ2v) is 4.04. The summed E-state index contributed by atoms with van der Waals surface area (Å²) in [6.07, 6.45) is 5.57. The highest BCUT2D eigenvalue weighted by Gasteiger charge is 2.07. The van der Waals surface area contributed by atoms with Crippen LogP contribution in [-0.2, 0) is 6.42 Å². The lowest BCUT2D eigenvalue weighted by Gasteiger charge is -2.02. The van der Waals surface area contributed by atoms with Crippen LogP contribution in [-0.4, -0.2) is 37.2 Å². The average molecular weight is 256 g/mol. The number of H-pyrrole nitrogens is 1. The summed E-state index contributed by atoms with van der Waals surface area (Å²) >= 11 is 0. The number of rotatable bonds is 4. The SMILES string of the molecule is O=C(NCCc1nnc2ccccn12)c1cn[nH]c1. The van der Waals surface area contributed by atoms with E-state index in [9.17, 15) is 4.79 Å². The van der Waals surface area contributed by atoms with Crippen molar-refractivity contribution in [2.24, 2.45) is 0 Å². The van der Waals surface area contributed by atoms with E-state index in [0.29, 0.717) is 18.5 Å². The van der Waals surface area contributed by atoms with Gasteiger partial charge < -0.3 is 5.32 Å². The number of aromatic amines is 1. The summed E-state index contributed by atoms with van der Waals surface area (Å²) in [5.41, 5.74) is 1.32. The van der Waals surface area contributed by atoms with Crippen LogP contribution < -0.4 is 5.32 Å². The van der Waals surface area contributed by atoms with E-state index in [1.807, 2.05) is 28.8 Å². The van der Waals surface area contributed by atoms with Crippen LogP contribution in [0.4, 0.5) is 0 Å². The summed E-state index contributed by atoms with van der Waals surface area (Å²) < 4.78 is 1.91. The lowest BCUT2D eigenvalue weighted by atomic mass is 10.3. The third-order valence-electron chi connectivity index (χ3n) is 2.78. The van der Waals surface area contributed by atoms with E-state index >= 15 is 0 Å². The molecule has 1 amide bonds. The molecule has 0 saturated carbocycles. The highest BCUT2D eigenvalue weighted by molar-refractivity contribution is 5.93. The molecule has 0 radical (unpaired) electrons. The topological polar surface area (TPSA) is 88.0 Å². The smallest absolute Gasteiger partial charge is 0.254 e. The van der Waals surface area contributed by atoms with E-state index < -0.39 is 0 Å². The van der Waals surface area contributed by atoms with Crippen molar-refractivity contribution in [1.82, 2.24) is 30.1 Å². The molecule has 19 heavy (non-hydrogen) atoms. The van der Waals surface area contributed by atoms with E-state index in [0.717, 1.165) is 11.5 Å². The van der Waals surface area contributed by atoms with Crippen LogP contribution >= 0.6 is 0 Å².